The summed E-state index contributed by atoms with van der Waals surface area (Å²) in [6.45, 7) is 2.15. The van der Waals surface area contributed by atoms with Crippen LogP contribution in [0.1, 0.15) is 11.1 Å². The minimum Gasteiger partial charge on any atom is -0.481 e. The van der Waals surface area contributed by atoms with Crippen molar-refractivity contribution in [2.24, 2.45) is 5.73 Å². The highest BCUT2D eigenvalue weighted by molar-refractivity contribution is 9.10. The molecule has 1 aromatic carbocycles. The van der Waals surface area contributed by atoms with Crippen LogP contribution < -0.4 is 10.5 Å². The summed E-state index contributed by atoms with van der Waals surface area (Å²) < 4.78 is 10.8. The molecule has 0 atom stereocenters. The molecule has 0 aliphatic carbocycles. The average Bonchev–Trinajstić information content (AvgIpc) is 2.26. The summed E-state index contributed by atoms with van der Waals surface area (Å²) in [5, 5.41) is 0. The van der Waals surface area contributed by atoms with Crippen molar-refractivity contribution in [2.45, 2.75) is 13.5 Å². The molecule has 0 unspecified atom stereocenters. The van der Waals surface area contributed by atoms with Crippen molar-refractivity contribution in [2.75, 3.05) is 13.7 Å². The van der Waals surface area contributed by atoms with Crippen LogP contribution in [0.3, 0.4) is 0 Å². The first-order chi connectivity index (χ1) is 7.58. The number of halogens is 1. The van der Waals surface area contributed by atoms with Gasteiger partial charge in [0.05, 0.1) is 7.11 Å². The fourth-order valence-electron chi connectivity index (χ4n) is 1.35. The monoisotopic (exact) mass is 287 g/mol. The number of aryl methyl sites for hydroxylation is 1. The number of carbonyl (C=O) groups is 1. The quantitative estimate of drug-likeness (QED) is 0.858. The first-order valence-corrected chi connectivity index (χ1v) is 5.56. The summed E-state index contributed by atoms with van der Waals surface area (Å²) >= 11 is 3.38. The lowest BCUT2D eigenvalue weighted by Gasteiger charge is -2.13. The van der Waals surface area contributed by atoms with Crippen molar-refractivity contribution in [1.82, 2.24) is 0 Å². The second kappa shape index (κ2) is 5.86. The first-order valence-electron chi connectivity index (χ1n) is 4.77. The fraction of sp³-hybridized carbons (Fsp3) is 0.364. The van der Waals surface area contributed by atoms with E-state index in [4.69, 9.17) is 10.5 Å². The Kier molecular flexibility index (Phi) is 4.76. The fourth-order valence-corrected chi connectivity index (χ4v) is 1.97. The molecule has 0 aliphatic heterocycles. The predicted molar refractivity (Wildman–Crippen MR) is 64.3 cm³/mol. The van der Waals surface area contributed by atoms with Crippen molar-refractivity contribution >= 4 is 21.9 Å². The maximum Gasteiger partial charge on any atom is 0.343 e. The van der Waals surface area contributed by atoms with E-state index in [0.717, 1.165) is 15.6 Å². The van der Waals surface area contributed by atoms with Crippen LogP contribution in [-0.4, -0.2) is 19.7 Å². The molecule has 0 fully saturated rings. The molecule has 1 rings (SSSR count). The van der Waals surface area contributed by atoms with Crippen molar-refractivity contribution in [3.8, 4) is 5.75 Å². The van der Waals surface area contributed by atoms with Gasteiger partial charge in [-0.2, -0.15) is 0 Å². The zero-order valence-corrected chi connectivity index (χ0v) is 10.8. The van der Waals surface area contributed by atoms with Gasteiger partial charge in [0, 0.05) is 16.6 Å². The van der Waals surface area contributed by atoms with E-state index in [1.165, 1.54) is 7.11 Å². The van der Waals surface area contributed by atoms with Crippen LogP contribution in [0.5, 0.6) is 5.75 Å². The van der Waals surface area contributed by atoms with E-state index < -0.39 is 5.97 Å². The van der Waals surface area contributed by atoms with Gasteiger partial charge < -0.3 is 15.2 Å². The lowest BCUT2D eigenvalue weighted by atomic mass is 10.1. The molecule has 0 heterocycles. The van der Waals surface area contributed by atoms with Crippen molar-refractivity contribution < 1.29 is 14.3 Å². The number of hydrogen-bond acceptors (Lipinski definition) is 4. The third-order valence-electron chi connectivity index (χ3n) is 2.10. The van der Waals surface area contributed by atoms with Crippen molar-refractivity contribution in [3.63, 3.8) is 0 Å². The van der Waals surface area contributed by atoms with Gasteiger partial charge in [-0.25, -0.2) is 4.79 Å². The van der Waals surface area contributed by atoms with E-state index in [9.17, 15) is 4.79 Å². The zero-order chi connectivity index (χ0) is 12.1. The summed E-state index contributed by atoms with van der Waals surface area (Å²) in [6, 6.07) is 3.78. The number of methoxy groups -OCH3 is 1. The molecule has 0 aromatic heterocycles. The van der Waals surface area contributed by atoms with Crippen LogP contribution in [0, 0.1) is 6.92 Å². The Morgan fingerprint density at radius 1 is 1.50 bits per heavy atom. The van der Waals surface area contributed by atoms with Gasteiger partial charge in [0.1, 0.15) is 5.75 Å². The molecule has 2 N–H and O–H groups in total. The average molecular weight is 288 g/mol. The molecular weight excluding hydrogens is 274 g/mol. The largest absolute Gasteiger partial charge is 0.481 e. The molecule has 0 radical (unpaired) electrons. The van der Waals surface area contributed by atoms with E-state index in [1.807, 2.05) is 19.1 Å². The summed E-state index contributed by atoms with van der Waals surface area (Å²) in [5.74, 6) is 0.237. The minimum absolute atomic E-state index is 0.105. The number of benzene rings is 1. The molecule has 4 nitrogen and oxygen atoms in total. The van der Waals surface area contributed by atoms with E-state index in [1.54, 1.807) is 0 Å². The standard InChI is InChI=1S/C11H14BrNO3/c1-7-3-9(12)4-8(5-13)11(7)16-6-10(14)15-2/h3-4H,5-6,13H2,1-2H3. The lowest BCUT2D eigenvalue weighted by molar-refractivity contribution is -0.142. The number of rotatable bonds is 4. The van der Waals surface area contributed by atoms with Gasteiger partial charge >= 0.3 is 5.97 Å². The lowest BCUT2D eigenvalue weighted by Crippen LogP contribution is -2.14. The highest BCUT2D eigenvalue weighted by Gasteiger charge is 2.10. The molecule has 0 aliphatic rings. The van der Waals surface area contributed by atoms with Crippen LogP contribution in [0.2, 0.25) is 0 Å². The maximum absolute atomic E-state index is 11.0. The van der Waals surface area contributed by atoms with Crippen LogP contribution in [0.15, 0.2) is 16.6 Å². The summed E-state index contributed by atoms with van der Waals surface area (Å²) in [4.78, 5) is 11.0. The first kappa shape index (κ1) is 13.0. The van der Waals surface area contributed by atoms with E-state index >= 15 is 0 Å². The van der Waals surface area contributed by atoms with Crippen LogP contribution in [-0.2, 0) is 16.1 Å². The molecule has 16 heavy (non-hydrogen) atoms. The highest BCUT2D eigenvalue weighted by atomic mass is 79.9. The highest BCUT2D eigenvalue weighted by Crippen LogP contribution is 2.27. The number of carbonyl (C=O) groups excluding carboxylic acids is 1. The molecule has 0 amide bonds. The Morgan fingerprint density at radius 2 is 2.19 bits per heavy atom. The summed E-state index contributed by atoms with van der Waals surface area (Å²) in [6.07, 6.45) is 0. The van der Waals surface area contributed by atoms with Crippen LogP contribution in [0.4, 0.5) is 0 Å². The van der Waals surface area contributed by atoms with Gasteiger partial charge in [0.2, 0.25) is 0 Å². The molecule has 88 valence electrons. The van der Waals surface area contributed by atoms with Gasteiger partial charge in [0.15, 0.2) is 6.61 Å². The van der Waals surface area contributed by atoms with E-state index in [0.29, 0.717) is 12.3 Å². The molecule has 1 aromatic rings. The number of nitrogens with two attached hydrogens (primary N) is 1. The Hall–Kier alpha value is -1.07. The van der Waals surface area contributed by atoms with Gasteiger partial charge in [-0.15, -0.1) is 0 Å². The summed E-state index contributed by atoms with van der Waals surface area (Å²) in [5.41, 5.74) is 7.40. The third kappa shape index (κ3) is 3.21. The van der Waals surface area contributed by atoms with Crippen LogP contribution in [0.25, 0.3) is 0 Å². The van der Waals surface area contributed by atoms with Gasteiger partial charge in [-0.05, 0) is 24.6 Å². The minimum atomic E-state index is -0.412. The smallest absolute Gasteiger partial charge is 0.343 e. The van der Waals surface area contributed by atoms with Gasteiger partial charge in [-0.1, -0.05) is 15.9 Å². The Morgan fingerprint density at radius 3 is 2.75 bits per heavy atom. The molecule has 0 saturated heterocycles. The van der Waals surface area contributed by atoms with Crippen molar-refractivity contribution in [1.29, 1.82) is 0 Å². The molecule has 0 saturated carbocycles. The predicted octanol–water partition coefficient (Wildman–Crippen LogP) is 1.77. The van der Waals surface area contributed by atoms with Gasteiger partial charge in [0.25, 0.3) is 0 Å². The Labute approximate surface area is 103 Å². The van der Waals surface area contributed by atoms with Crippen molar-refractivity contribution in [3.05, 3.63) is 27.7 Å². The summed E-state index contributed by atoms with van der Waals surface area (Å²) in [7, 11) is 1.32. The van der Waals surface area contributed by atoms with Crippen LogP contribution >= 0.6 is 15.9 Å². The second-order valence-corrected chi connectivity index (χ2v) is 4.20. The molecule has 0 bridgehead atoms. The maximum atomic E-state index is 11.0. The number of hydrogen-bond donors (Lipinski definition) is 1. The molecule has 0 spiro atoms. The zero-order valence-electron chi connectivity index (χ0n) is 9.25. The Bertz CT molecular complexity index is 393. The van der Waals surface area contributed by atoms with Gasteiger partial charge in [-0.3, -0.25) is 0 Å². The molecular formula is C11H14BrNO3. The Balaban J connectivity index is 2.89. The number of ether oxygens (including phenoxy) is 2. The molecule has 5 heteroatoms. The topological polar surface area (TPSA) is 61.5 Å². The van der Waals surface area contributed by atoms with E-state index in [2.05, 4.69) is 20.7 Å². The SMILES string of the molecule is COC(=O)COc1c(C)cc(Br)cc1CN. The third-order valence-corrected chi connectivity index (χ3v) is 2.56. The van der Waals surface area contributed by atoms with E-state index in [-0.39, 0.29) is 6.61 Å². The second-order valence-electron chi connectivity index (χ2n) is 3.28. The normalized spacial score (nSPS) is 10.0. The number of esters is 1.